The van der Waals surface area contributed by atoms with Crippen molar-refractivity contribution < 1.29 is 9.53 Å². The van der Waals surface area contributed by atoms with Gasteiger partial charge in [0.15, 0.2) is 0 Å². The van der Waals surface area contributed by atoms with Crippen molar-refractivity contribution in [1.82, 2.24) is 20.1 Å². The second-order valence-electron chi connectivity index (χ2n) is 5.84. The number of thiophene rings is 1. The van der Waals surface area contributed by atoms with Crippen molar-refractivity contribution in [1.29, 1.82) is 0 Å². The first kappa shape index (κ1) is 16.1. The Morgan fingerprint density at radius 2 is 2.39 bits per heavy atom. The molecule has 7 heteroatoms. The van der Waals surface area contributed by atoms with E-state index in [1.165, 1.54) is 21.6 Å². The first-order valence-corrected chi connectivity index (χ1v) is 8.75. The van der Waals surface area contributed by atoms with Crippen LogP contribution in [0.2, 0.25) is 0 Å². The number of hydrogen-bond acceptors (Lipinski definition) is 5. The minimum Gasteiger partial charge on any atom is -0.377 e. The van der Waals surface area contributed by atoms with Gasteiger partial charge in [-0.05, 0) is 38.3 Å². The van der Waals surface area contributed by atoms with Crippen LogP contribution >= 0.6 is 11.3 Å². The molecule has 1 atom stereocenters. The van der Waals surface area contributed by atoms with Crippen LogP contribution in [0.25, 0.3) is 0 Å². The smallest absolute Gasteiger partial charge is 0.223 e. The monoisotopic (exact) mass is 334 g/mol. The van der Waals surface area contributed by atoms with Crippen LogP contribution in [0.1, 0.15) is 40.0 Å². The third kappa shape index (κ3) is 3.79. The molecular weight excluding hydrogens is 312 g/mol. The van der Waals surface area contributed by atoms with Crippen LogP contribution in [-0.4, -0.2) is 45.7 Å². The van der Waals surface area contributed by atoms with Crippen molar-refractivity contribution in [2.45, 2.75) is 39.2 Å². The maximum Gasteiger partial charge on any atom is 0.223 e. The van der Waals surface area contributed by atoms with E-state index < -0.39 is 0 Å². The van der Waals surface area contributed by atoms with E-state index in [0.717, 1.165) is 12.8 Å². The summed E-state index contributed by atoms with van der Waals surface area (Å²) in [5, 5.41) is 6.73. The topological polar surface area (TPSA) is 71.1 Å². The average molecular weight is 334 g/mol. The fraction of sp³-hybridized carbons (Fsp3) is 0.562. The summed E-state index contributed by atoms with van der Waals surface area (Å²) in [5.74, 6) is 0.863. The van der Waals surface area contributed by atoms with Gasteiger partial charge in [-0.3, -0.25) is 9.89 Å². The van der Waals surface area contributed by atoms with Gasteiger partial charge in [0.1, 0.15) is 18.2 Å². The number of ether oxygens (including phenoxy) is 1. The summed E-state index contributed by atoms with van der Waals surface area (Å²) in [6, 6.07) is 2.08. The van der Waals surface area contributed by atoms with Crippen molar-refractivity contribution in [3.05, 3.63) is 33.5 Å². The molecule has 1 aliphatic heterocycles. The number of aromatic amines is 1. The lowest BCUT2D eigenvalue weighted by Crippen LogP contribution is -2.43. The molecule has 0 spiro atoms. The van der Waals surface area contributed by atoms with E-state index in [1.54, 1.807) is 0 Å². The number of rotatable bonds is 5. The Hall–Kier alpha value is -1.73. The molecule has 6 nitrogen and oxygen atoms in total. The van der Waals surface area contributed by atoms with Crippen LogP contribution in [0.5, 0.6) is 0 Å². The summed E-state index contributed by atoms with van der Waals surface area (Å²) in [6.07, 6.45) is 3.85. The summed E-state index contributed by atoms with van der Waals surface area (Å²) in [7, 11) is 0. The van der Waals surface area contributed by atoms with Crippen molar-refractivity contribution in [3.63, 3.8) is 0 Å². The third-order valence-corrected chi connectivity index (χ3v) is 5.19. The lowest BCUT2D eigenvalue weighted by molar-refractivity contribution is -0.140. The summed E-state index contributed by atoms with van der Waals surface area (Å²) in [5.41, 5.74) is 1.37. The zero-order valence-electron chi connectivity index (χ0n) is 13.5. The first-order valence-electron chi connectivity index (χ1n) is 7.93. The van der Waals surface area contributed by atoms with Crippen LogP contribution in [0.4, 0.5) is 0 Å². The number of amides is 1. The highest BCUT2D eigenvalue weighted by atomic mass is 32.1. The summed E-state index contributed by atoms with van der Waals surface area (Å²) in [6.45, 7) is 5.95. The molecule has 0 aromatic carbocycles. The zero-order chi connectivity index (χ0) is 16.2. The maximum absolute atomic E-state index is 12.6. The molecular formula is C16H22N4O2S. The molecule has 124 valence electrons. The van der Waals surface area contributed by atoms with E-state index in [0.29, 0.717) is 32.0 Å². The number of H-pyrrole nitrogens is 1. The van der Waals surface area contributed by atoms with Crippen molar-refractivity contribution in [3.8, 4) is 0 Å². The second-order valence-corrected chi connectivity index (χ2v) is 7.30. The number of carbonyl (C=O) groups is 1. The molecule has 23 heavy (non-hydrogen) atoms. The van der Waals surface area contributed by atoms with Gasteiger partial charge in [0.05, 0.1) is 13.2 Å². The Kier molecular flexibility index (Phi) is 5.07. The standard InChI is InChI=1S/C16H22N4O2S/c1-11-8-13(12(2)23-11)4-3-5-15(21)20-6-7-22-9-14(20)16-17-10-18-19-16/h8,10,14H,3-7,9H2,1-2H3,(H,17,18,19). The van der Waals surface area contributed by atoms with Gasteiger partial charge in [-0.2, -0.15) is 5.10 Å². The highest BCUT2D eigenvalue weighted by Crippen LogP contribution is 2.24. The molecule has 1 fully saturated rings. The Balaban J connectivity index is 1.57. The molecule has 3 heterocycles. The zero-order valence-corrected chi connectivity index (χ0v) is 14.4. The van der Waals surface area contributed by atoms with Gasteiger partial charge in [0.2, 0.25) is 5.91 Å². The van der Waals surface area contributed by atoms with Gasteiger partial charge in [0.25, 0.3) is 0 Å². The molecule has 2 aromatic rings. The number of carbonyl (C=O) groups excluding carboxylic acids is 1. The summed E-state index contributed by atoms with van der Waals surface area (Å²) < 4.78 is 5.50. The van der Waals surface area contributed by atoms with Crippen LogP contribution in [0.15, 0.2) is 12.4 Å². The van der Waals surface area contributed by atoms with Crippen LogP contribution in [0.3, 0.4) is 0 Å². The van der Waals surface area contributed by atoms with E-state index in [1.807, 2.05) is 16.2 Å². The third-order valence-electron chi connectivity index (χ3n) is 4.18. The number of nitrogens with zero attached hydrogens (tertiary/aromatic N) is 3. The fourth-order valence-corrected chi connectivity index (χ4v) is 3.99. The van der Waals surface area contributed by atoms with Gasteiger partial charge < -0.3 is 9.64 Å². The Labute approximate surface area is 139 Å². The highest BCUT2D eigenvalue weighted by Gasteiger charge is 2.30. The number of aromatic nitrogens is 3. The maximum atomic E-state index is 12.6. The van der Waals surface area contributed by atoms with E-state index in [2.05, 4.69) is 35.1 Å². The molecule has 1 aliphatic rings. The normalized spacial score (nSPS) is 18.3. The van der Waals surface area contributed by atoms with Gasteiger partial charge in [-0.25, -0.2) is 4.98 Å². The Bertz CT molecular complexity index is 653. The molecule has 2 aromatic heterocycles. The summed E-state index contributed by atoms with van der Waals surface area (Å²) in [4.78, 5) is 21.3. The van der Waals surface area contributed by atoms with E-state index in [9.17, 15) is 4.79 Å². The van der Waals surface area contributed by atoms with E-state index in [4.69, 9.17) is 4.74 Å². The Morgan fingerprint density at radius 1 is 1.52 bits per heavy atom. The van der Waals surface area contributed by atoms with Crippen LogP contribution in [-0.2, 0) is 16.0 Å². The van der Waals surface area contributed by atoms with Crippen molar-refractivity contribution in [2.24, 2.45) is 0 Å². The predicted octanol–water partition coefficient (Wildman–Crippen LogP) is 2.41. The van der Waals surface area contributed by atoms with Gasteiger partial charge in [-0.15, -0.1) is 11.3 Å². The second kappa shape index (κ2) is 7.23. The number of nitrogens with one attached hydrogen (secondary N) is 1. The molecule has 1 N–H and O–H groups in total. The van der Waals surface area contributed by atoms with Crippen molar-refractivity contribution in [2.75, 3.05) is 19.8 Å². The highest BCUT2D eigenvalue weighted by molar-refractivity contribution is 7.12. The molecule has 0 saturated carbocycles. The number of morpholine rings is 1. The molecule has 3 rings (SSSR count). The lowest BCUT2D eigenvalue weighted by atomic mass is 10.1. The predicted molar refractivity (Wildman–Crippen MR) is 88.4 cm³/mol. The largest absolute Gasteiger partial charge is 0.377 e. The molecule has 1 amide bonds. The lowest BCUT2D eigenvalue weighted by Gasteiger charge is -2.34. The minimum absolute atomic E-state index is 0.149. The minimum atomic E-state index is -0.149. The van der Waals surface area contributed by atoms with Crippen LogP contribution < -0.4 is 0 Å². The van der Waals surface area contributed by atoms with Gasteiger partial charge in [-0.1, -0.05) is 0 Å². The molecule has 1 saturated heterocycles. The van der Waals surface area contributed by atoms with E-state index in [-0.39, 0.29) is 11.9 Å². The fourth-order valence-electron chi connectivity index (χ4n) is 3.01. The quantitative estimate of drug-likeness (QED) is 0.911. The summed E-state index contributed by atoms with van der Waals surface area (Å²) >= 11 is 1.82. The molecule has 0 aliphatic carbocycles. The SMILES string of the molecule is Cc1cc(CCCC(=O)N2CCOCC2c2ncn[nH]2)c(C)s1. The van der Waals surface area contributed by atoms with Crippen molar-refractivity contribution >= 4 is 17.2 Å². The first-order chi connectivity index (χ1) is 11.1. The Morgan fingerprint density at radius 3 is 3.09 bits per heavy atom. The number of hydrogen-bond donors (Lipinski definition) is 1. The molecule has 0 radical (unpaired) electrons. The molecule has 1 unspecified atom stereocenters. The van der Waals surface area contributed by atoms with Gasteiger partial charge in [0, 0.05) is 22.7 Å². The molecule has 0 bridgehead atoms. The van der Waals surface area contributed by atoms with Crippen LogP contribution in [0, 0.1) is 13.8 Å². The van der Waals surface area contributed by atoms with E-state index >= 15 is 0 Å². The van der Waals surface area contributed by atoms with Gasteiger partial charge >= 0.3 is 0 Å². The average Bonchev–Trinajstić information content (AvgIpc) is 3.17. The number of aryl methyl sites for hydroxylation is 3.